The van der Waals surface area contributed by atoms with E-state index in [9.17, 15) is 15.3 Å². The molecule has 0 atom stereocenters. The molecule has 1 aromatic heterocycles. The maximum Gasteiger partial charge on any atom is 5.00 e. The Morgan fingerprint density at radius 2 is 0.654 bits per heavy atom. The predicted molar refractivity (Wildman–Crippen MR) is 207 cm³/mol. The fourth-order valence-electron chi connectivity index (χ4n) is 5.27. The summed E-state index contributed by atoms with van der Waals surface area (Å²) < 4.78 is 4.94. The van der Waals surface area contributed by atoms with Crippen LogP contribution < -0.4 is 15.3 Å². The van der Waals surface area contributed by atoms with E-state index < -0.39 is 0 Å². The minimum absolute atomic E-state index is 0. The van der Waals surface area contributed by atoms with Crippen molar-refractivity contribution >= 4 is 0 Å². The number of benzene rings is 3. The van der Waals surface area contributed by atoms with Gasteiger partial charge in [0.2, 0.25) is 0 Å². The summed E-state index contributed by atoms with van der Waals surface area (Å²) >= 11 is 0. The van der Waals surface area contributed by atoms with E-state index in [4.69, 9.17) is 4.74 Å². The van der Waals surface area contributed by atoms with Crippen LogP contribution in [0.5, 0.6) is 17.2 Å². The van der Waals surface area contributed by atoms with E-state index in [1.165, 1.54) is 12.8 Å². The van der Waals surface area contributed by atoms with E-state index in [1.807, 2.05) is 72.8 Å². The summed E-state index contributed by atoms with van der Waals surface area (Å²) in [5.41, 5.74) is 5.62. The largest absolute Gasteiger partial charge is 5.00 e. The van der Waals surface area contributed by atoms with Crippen molar-refractivity contribution in [1.29, 1.82) is 0 Å². The van der Waals surface area contributed by atoms with E-state index in [0.717, 1.165) is 46.6 Å². The molecule has 7 heteroatoms. The Hall–Kier alpha value is -3.13. The minimum Gasteiger partial charge on any atom is -2.00 e. The molecule has 1 fully saturated rings. The summed E-state index contributed by atoms with van der Waals surface area (Å²) in [7, 11) is 0. The van der Waals surface area contributed by atoms with Crippen molar-refractivity contribution in [3.8, 4) is 17.2 Å². The van der Waals surface area contributed by atoms with Gasteiger partial charge < -0.3 is 25.5 Å². The number of pyridine rings is 1. The van der Waals surface area contributed by atoms with Gasteiger partial charge in [-0.3, -0.25) is 4.98 Å². The van der Waals surface area contributed by atoms with Crippen molar-refractivity contribution in [2.45, 2.75) is 131 Å². The van der Waals surface area contributed by atoms with Crippen LogP contribution in [0.4, 0.5) is 0 Å². The number of aromatic nitrogens is 1. The van der Waals surface area contributed by atoms with Gasteiger partial charge in [-0.25, -0.2) is 0 Å². The summed E-state index contributed by atoms with van der Waals surface area (Å²) in [4.78, 5) is 3.78. The zero-order valence-electron chi connectivity index (χ0n) is 33.8. The van der Waals surface area contributed by atoms with E-state index >= 15 is 0 Å². The van der Waals surface area contributed by atoms with Gasteiger partial charge >= 0.3 is 22.4 Å². The molecule has 5 rings (SSSR count). The molecule has 0 radical (unpaired) electrons. The first-order valence-electron chi connectivity index (χ1n) is 18.4. The Morgan fingerprint density at radius 1 is 0.423 bits per heavy atom. The van der Waals surface area contributed by atoms with Crippen LogP contribution in [0.3, 0.4) is 0 Å². The summed E-state index contributed by atoms with van der Waals surface area (Å²) in [6.07, 6.45) is 6.06. The topological polar surface area (TPSA) is 120 Å². The van der Waals surface area contributed by atoms with Gasteiger partial charge in [0, 0.05) is 25.6 Å². The van der Waals surface area contributed by atoms with Crippen molar-refractivity contribution < 1.29 is 47.9 Å². The summed E-state index contributed by atoms with van der Waals surface area (Å²) in [5, 5.41) is 35.6. The van der Waals surface area contributed by atoms with Crippen LogP contribution >= 0.6 is 0 Å². The van der Waals surface area contributed by atoms with Crippen LogP contribution in [0, 0.1) is 0 Å². The fourth-order valence-corrected chi connectivity index (χ4v) is 5.27. The second kappa shape index (κ2) is 27.5. The fraction of sp³-hybridized carbons (Fsp3) is 0.489. The molecule has 0 aliphatic carbocycles. The molecule has 2 heterocycles. The van der Waals surface area contributed by atoms with Crippen LogP contribution in [0.2, 0.25) is 0 Å². The van der Waals surface area contributed by atoms with Gasteiger partial charge in [-0.05, 0) is 60.5 Å². The summed E-state index contributed by atoms with van der Waals surface area (Å²) in [6, 6.07) is 23.2. The summed E-state index contributed by atoms with van der Waals surface area (Å²) in [6.45, 7) is 26.7. The SMILES string of the molecule is C1CCOC1.CC(C)c1cccc(C(C)C)c1[O-].CC(C)c1cccc(C(C)C)c1[O-].CC(C)c1cccc(C(C)C)c1[O-].[Nb+5].[O-2].c1ccncc1. The molecule has 3 aromatic carbocycles. The van der Waals surface area contributed by atoms with E-state index in [0.29, 0.717) is 35.5 Å². The molecule has 6 nitrogen and oxygen atoms in total. The molecule has 1 saturated heterocycles. The first-order chi connectivity index (χ1) is 23.6. The average Bonchev–Trinajstić information content (AvgIpc) is 3.67. The van der Waals surface area contributed by atoms with E-state index in [2.05, 4.69) is 88.1 Å². The van der Waals surface area contributed by atoms with Crippen molar-refractivity contribution in [3.63, 3.8) is 0 Å². The molecule has 1 aliphatic heterocycles. The van der Waals surface area contributed by atoms with E-state index in [-0.39, 0.29) is 45.1 Å². The average molecular weight is 792 g/mol. The quantitative estimate of drug-likeness (QED) is 0.180. The van der Waals surface area contributed by atoms with Gasteiger partial charge in [-0.1, -0.05) is 177 Å². The molecule has 0 unspecified atom stereocenters. The molecule has 0 spiro atoms. The maximum atomic E-state index is 11.9. The zero-order chi connectivity index (χ0) is 37.8. The van der Waals surface area contributed by atoms with Gasteiger partial charge in [0.15, 0.2) is 0 Å². The van der Waals surface area contributed by atoms with Crippen molar-refractivity contribution in [1.82, 2.24) is 4.98 Å². The standard InChI is InChI=1S/3C12H18O.C5H5N.C4H8O.Nb.O/c3*1-8(2)10-6-5-7-11(9(3)4)12(10)13;1-2-4-6-5-3-1;1-2-4-5-3-1;;/h3*5-9,13H,1-4H3;1-5H;1-4H2;;/q;;;;;+5;-2/p-3. The third kappa shape index (κ3) is 18.1. The van der Waals surface area contributed by atoms with Crippen LogP contribution in [0.15, 0.2) is 85.2 Å². The Morgan fingerprint density at radius 3 is 0.769 bits per heavy atom. The predicted octanol–water partition coefficient (Wildman–Crippen LogP) is 10.8. The van der Waals surface area contributed by atoms with Crippen molar-refractivity contribution in [2.24, 2.45) is 0 Å². The third-order valence-corrected chi connectivity index (χ3v) is 8.35. The van der Waals surface area contributed by atoms with Gasteiger partial charge in [0.25, 0.3) is 0 Å². The first-order valence-corrected chi connectivity index (χ1v) is 18.4. The van der Waals surface area contributed by atoms with Gasteiger partial charge in [0.1, 0.15) is 0 Å². The van der Waals surface area contributed by atoms with Crippen LogP contribution in [0.25, 0.3) is 0 Å². The Labute approximate surface area is 331 Å². The zero-order valence-corrected chi connectivity index (χ0v) is 36.0. The maximum absolute atomic E-state index is 11.9. The first kappa shape index (κ1) is 51.0. The van der Waals surface area contributed by atoms with Crippen LogP contribution in [-0.2, 0) is 32.6 Å². The number of hydrogen-bond acceptors (Lipinski definition) is 5. The molecule has 0 saturated carbocycles. The molecule has 52 heavy (non-hydrogen) atoms. The van der Waals surface area contributed by atoms with Crippen LogP contribution in [-0.4, -0.2) is 18.2 Å². The van der Waals surface area contributed by atoms with Crippen molar-refractivity contribution in [2.75, 3.05) is 13.2 Å². The minimum atomic E-state index is 0. The number of para-hydroxylation sites is 3. The molecule has 4 aromatic rings. The van der Waals surface area contributed by atoms with Gasteiger partial charge in [-0.2, -0.15) is 0 Å². The number of ether oxygens (including phenoxy) is 1. The summed E-state index contributed by atoms with van der Waals surface area (Å²) in [5.74, 6) is 2.64. The molecule has 0 bridgehead atoms. The molecular weight excluding hydrogens is 727 g/mol. The Bertz CT molecular complexity index is 1220. The molecule has 0 N–H and O–H groups in total. The second-order valence-corrected chi connectivity index (χ2v) is 14.6. The number of rotatable bonds is 6. The second-order valence-electron chi connectivity index (χ2n) is 14.6. The number of nitrogens with zero attached hydrogens (tertiary/aromatic N) is 1. The molecule has 0 amide bonds. The van der Waals surface area contributed by atoms with Crippen LogP contribution in [0.1, 0.15) is 165 Å². The smallest absolute Gasteiger partial charge is 2.00 e. The molecule has 1 aliphatic rings. The van der Waals surface area contributed by atoms with Gasteiger partial charge in [0.05, 0.1) is 0 Å². The van der Waals surface area contributed by atoms with Crippen molar-refractivity contribution in [3.05, 3.63) is 119 Å². The van der Waals surface area contributed by atoms with Gasteiger partial charge in [-0.15, -0.1) is 17.2 Å². The van der Waals surface area contributed by atoms with E-state index in [1.54, 1.807) is 12.4 Å². The Balaban J connectivity index is 0. The number of hydrogen-bond donors (Lipinski definition) is 0. The molecular formula is C45H64NNbO5. The monoisotopic (exact) mass is 791 g/mol. The third-order valence-electron chi connectivity index (χ3n) is 8.35. The normalized spacial score (nSPS) is 11.7. The molecule has 284 valence electrons. The Kier molecular flexibility index (Phi) is 26.9.